The molecule has 6 heteroatoms. The van der Waals surface area contributed by atoms with Crippen LogP contribution in [-0.2, 0) is 20.9 Å². The fraction of sp³-hybridized carbons (Fsp3) is 0.579. The summed E-state index contributed by atoms with van der Waals surface area (Å²) >= 11 is 0. The van der Waals surface area contributed by atoms with Crippen LogP contribution < -0.4 is 5.32 Å². The van der Waals surface area contributed by atoms with Crippen LogP contribution in [-0.4, -0.2) is 67.6 Å². The Hall–Kier alpha value is -1.92. The molecule has 1 amide bonds. The molecule has 1 heterocycles. The molecule has 1 N–H and O–H groups in total. The minimum Gasteiger partial charge on any atom is -0.465 e. The van der Waals surface area contributed by atoms with Gasteiger partial charge in [-0.2, -0.15) is 0 Å². The van der Waals surface area contributed by atoms with Crippen LogP contribution in [0.2, 0.25) is 0 Å². The highest BCUT2D eigenvalue weighted by Crippen LogP contribution is 2.03. The van der Waals surface area contributed by atoms with Gasteiger partial charge in [-0.15, -0.1) is 0 Å². The summed E-state index contributed by atoms with van der Waals surface area (Å²) in [6.07, 6.45) is 1.94. The van der Waals surface area contributed by atoms with Crippen molar-refractivity contribution in [3.8, 4) is 0 Å². The van der Waals surface area contributed by atoms with E-state index in [0.29, 0.717) is 26.2 Å². The van der Waals surface area contributed by atoms with Gasteiger partial charge in [-0.25, -0.2) is 0 Å². The van der Waals surface area contributed by atoms with Crippen LogP contribution in [0.25, 0.3) is 0 Å². The highest BCUT2D eigenvalue weighted by Gasteiger charge is 2.20. The Balaban J connectivity index is 1.60. The van der Waals surface area contributed by atoms with Gasteiger partial charge in [0.1, 0.15) is 0 Å². The third-order valence-electron chi connectivity index (χ3n) is 4.28. The molecule has 0 unspecified atom stereocenters. The standard InChI is InChI=1S/C19H29N3O3/c1-2-3-13-25-19(24)16-22-11-9-21(10-12-22)15-18(23)20-14-17-7-5-4-6-8-17/h4-8H,2-3,9-16H2,1H3,(H,20,23). The summed E-state index contributed by atoms with van der Waals surface area (Å²) in [6.45, 7) is 7.05. The first-order valence-electron chi connectivity index (χ1n) is 9.08. The van der Waals surface area contributed by atoms with E-state index in [4.69, 9.17) is 4.74 Å². The number of carbonyl (C=O) groups excluding carboxylic acids is 2. The maximum absolute atomic E-state index is 12.1. The number of nitrogens with zero attached hydrogens (tertiary/aromatic N) is 2. The van der Waals surface area contributed by atoms with Crippen molar-refractivity contribution in [2.45, 2.75) is 26.3 Å². The maximum atomic E-state index is 12.1. The Kier molecular flexibility index (Phi) is 8.42. The number of esters is 1. The minimum atomic E-state index is -0.150. The Morgan fingerprint density at radius 3 is 2.32 bits per heavy atom. The van der Waals surface area contributed by atoms with Gasteiger partial charge in [0, 0.05) is 32.7 Å². The van der Waals surface area contributed by atoms with Crippen LogP contribution >= 0.6 is 0 Å². The van der Waals surface area contributed by atoms with Crippen molar-refractivity contribution in [1.82, 2.24) is 15.1 Å². The van der Waals surface area contributed by atoms with E-state index >= 15 is 0 Å². The third kappa shape index (κ3) is 7.67. The van der Waals surface area contributed by atoms with E-state index < -0.39 is 0 Å². The number of hydrogen-bond acceptors (Lipinski definition) is 5. The van der Waals surface area contributed by atoms with E-state index in [1.807, 2.05) is 30.3 Å². The number of piperazine rings is 1. The average molecular weight is 347 g/mol. The van der Waals surface area contributed by atoms with Gasteiger partial charge in [0.2, 0.25) is 5.91 Å². The zero-order valence-corrected chi connectivity index (χ0v) is 15.1. The van der Waals surface area contributed by atoms with Gasteiger partial charge in [0.05, 0.1) is 19.7 Å². The molecule has 1 fully saturated rings. The molecule has 0 saturated carbocycles. The Bertz CT molecular complexity index is 528. The summed E-state index contributed by atoms with van der Waals surface area (Å²) in [6, 6.07) is 9.89. The molecule has 0 radical (unpaired) electrons. The van der Waals surface area contributed by atoms with E-state index in [-0.39, 0.29) is 11.9 Å². The molecule has 1 saturated heterocycles. The highest BCUT2D eigenvalue weighted by atomic mass is 16.5. The molecule has 2 rings (SSSR count). The summed E-state index contributed by atoms with van der Waals surface area (Å²) < 4.78 is 5.19. The minimum absolute atomic E-state index is 0.0382. The number of unbranched alkanes of at least 4 members (excludes halogenated alkanes) is 1. The molecule has 0 atom stereocenters. The highest BCUT2D eigenvalue weighted by molar-refractivity contribution is 5.78. The predicted molar refractivity (Wildman–Crippen MR) is 97.0 cm³/mol. The van der Waals surface area contributed by atoms with Gasteiger partial charge in [-0.3, -0.25) is 19.4 Å². The summed E-state index contributed by atoms with van der Waals surface area (Å²) in [5.41, 5.74) is 1.10. The lowest BCUT2D eigenvalue weighted by Gasteiger charge is -2.33. The van der Waals surface area contributed by atoms with Crippen molar-refractivity contribution in [2.75, 3.05) is 45.9 Å². The van der Waals surface area contributed by atoms with Crippen LogP contribution in [0.3, 0.4) is 0 Å². The molecule has 138 valence electrons. The van der Waals surface area contributed by atoms with E-state index in [9.17, 15) is 9.59 Å². The number of carbonyl (C=O) groups is 2. The number of benzene rings is 1. The maximum Gasteiger partial charge on any atom is 0.320 e. The second-order valence-corrected chi connectivity index (χ2v) is 6.39. The summed E-state index contributed by atoms with van der Waals surface area (Å²) in [5.74, 6) is -0.112. The molecule has 1 aromatic rings. The largest absolute Gasteiger partial charge is 0.465 e. The van der Waals surface area contributed by atoms with Gasteiger partial charge in [0.15, 0.2) is 0 Å². The van der Waals surface area contributed by atoms with E-state index in [1.165, 1.54) is 0 Å². The molecule has 0 aliphatic carbocycles. The summed E-state index contributed by atoms with van der Waals surface area (Å²) in [7, 11) is 0. The molecule has 1 aromatic carbocycles. The van der Waals surface area contributed by atoms with Gasteiger partial charge < -0.3 is 10.1 Å². The Morgan fingerprint density at radius 1 is 1.04 bits per heavy atom. The second-order valence-electron chi connectivity index (χ2n) is 6.39. The lowest BCUT2D eigenvalue weighted by Crippen LogP contribution is -2.50. The quantitative estimate of drug-likeness (QED) is 0.538. The first-order chi connectivity index (χ1) is 12.2. The fourth-order valence-electron chi connectivity index (χ4n) is 2.72. The van der Waals surface area contributed by atoms with Crippen molar-refractivity contribution in [1.29, 1.82) is 0 Å². The number of hydrogen-bond donors (Lipinski definition) is 1. The lowest BCUT2D eigenvalue weighted by molar-refractivity contribution is -0.145. The summed E-state index contributed by atoms with van der Waals surface area (Å²) in [4.78, 5) is 28.0. The van der Waals surface area contributed by atoms with Crippen LogP contribution in [0.1, 0.15) is 25.3 Å². The normalized spacial score (nSPS) is 15.7. The second kappa shape index (κ2) is 10.8. The zero-order valence-electron chi connectivity index (χ0n) is 15.1. The SMILES string of the molecule is CCCCOC(=O)CN1CCN(CC(=O)NCc2ccccc2)CC1. The molecule has 0 aromatic heterocycles. The van der Waals surface area contributed by atoms with Gasteiger partial charge in [-0.1, -0.05) is 43.7 Å². The number of ether oxygens (including phenoxy) is 1. The predicted octanol–water partition coefficient (Wildman–Crippen LogP) is 1.26. The Labute approximate surface area is 150 Å². The van der Waals surface area contributed by atoms with Crippen LogP contribution in [0.4, 0.5) is 0 Å². The average Bonchev–Trinajstić information content (AvgIpc) is 2.63. The van der Waals surface area contributed by atoms with Gasteiger partial charge in [0.25, 0.3) is 0 Å². The number of nitrogens with one attached hydrogen (secondary N) is 1. The van der Waals surface area contributed by atoms with Gasteiger partial charge in [-0.05, 0) is 12.0 Å². The van der Waals surface area contributed by atoms with Crippen molar-refractivity contribution >= 4 is 11.9 Å². The van der Waals surface area contributed by atoms with Crippen molar-refractivity contribution in [3.05, 3.63) is 35.9 Å². The smallest absolute Gasteiger partial charge is 0.320 e. The first-order valence-corrected chi connectivity index (χ1v) is 9.08. The first kappa shape index (κ1) is 19.4. The molecule has 1 aliphatic heterocycles. The van der Waals surface area contributed by atoms with Crippen LogP contribution in [0, 0.1) is 0 Å². The van der Waals surface area contributed by atoms with Crippen LogP contribution in [0.15, 0.2) is 30.3 Å². The van der Waals surface area contributed by atoms with Crippen molar-refractivity contribution < 1.29 is 14.3 Å². The number of amides is 1. The fourth-order valence-corrected chi connectivity index (χ4v) is 2.72. The van der Waals surface area contributed by atoms with Crippen molar-refractivity contribution in [3.63, 3.8) is 0 Å². The molecular formula is C19H29N3O3. The lowest BCUT2D eigenvalue weighted by atomic mass is 10.2. The molecule has 0 bridgehead atoms. The van der Waals surface area contributed by atoms with E-state index in [1.54, 1.807) is 0 Å². The molecule has 0 spiro atoms. The molecule has 6 nitrogen and oxygen atoms in total. The number of rotatable bonds is 9. The molecular weight excluding hydrogens is 318 g/mol. The van der Waals surface area contributed by atoms with Gasteiger partial charge >= 0.3 is 5.97 Å². The molecule has 1 aliphatic rings. The zero-order chi connectivity index (χ0) is 17.9. The van der Waals surface area contributed by atoms with Crippen LogP contribution in [0.5, 0.6) is 0 Å². The van der Waals surface area contributed by atoms with E-state index in [2.05, 4.69) is 22.0 Å². The molecule has 25 heavy (non-hydrogen) atoms. The Morgan fingerprint density at radius 2 is 1.68 bits per heavy atom. The van der Waals surface area contributed by atoms with E-state index in [0.717, 1.165) is 44.6 Å². The topological polar surface area (TPSA) is 61.9 Å². The third-order valence-corrected chi connectivity index (χ3v) is 4.28. The van der Waals surface area contributed by atoms with Crippen molar-refractivity contribution in [2.24, 2.45) is 0 Å². The summed E-state index contributed by atoms with van der Waals surface area (Å²) in [5, 5.41) is 2.95. The monoisotopic (exact) mass is 347 g/mol.